The van der Waals surface area contributed by atoms with Gasteiger partial charge in [-0.05, 0) is 40.2 Å². The van der Waals surface area contributed by atoms with Gasteiger partial charge in [-0.25, -0.2) is 0 Å². The molecule has 0 saturated heterocycles. The third-order valence-electron chi connectivity index (χ3n) is 3.29. The van der Waals surface area contributed by atoms with E-state index >= 15 is 0 Å². The molecule has 0 bridgehead atoms. The maximum atomic E-state index is 10.9. The Kier molecular flexibility index (Phi) is 11.1. The van der Waals surface area contributed by atoms with Crippen LogP contribution in [-0.4, -0.2) is 22.2 Å². The van der Waals surface area contributed by atoms with Crippen LogP contribution >= 0.6 is 0 Å². The third-order valence-corrected chi connectivity index (χ3v) is 3.29. The van der Waals surface area contributed by atoms with Gasteiger partial charge in [0.15, 0.2) is 5.92 Å². The molecule has 0 rings (SSSR count). The molecule has 26 heavy (non-hydrogen) atoms. The lowest BCUT2D eigenvalue weighted by Crippen LogP contribution is -2.24. The summed E-state index contributed by atoms with van der Waals surface area (Å²) < 4.78 is 0. The molecule has 0 aromatic carbocycles. The van der Waals surface area contributed by atoms with Crippen LogP contribution in [0.4, 0.5) is 0 Å². The van der Waals surface area contributed by atoms with Crippen LogP contribution in [0.1, 0.15) is 34.6 Å². The van der Waals surface area contributed by atoms with Gasteiger partial charge in [0, 0.05) is 0 Å². The molecule has 0 aliphatic heterocycles. The van der Waals surface area contributed by atoms with Crippen molar-refractivity contribution in [1.29, 1.82) is 0 Å². The van der Waals surface area contributed by atoms with Gasteiger partial charge in [0.1, 0.15) is 0 Å². The quantitative estimate of drug-likeness (QED) is 0.437. The van der Waals surface area contributed by atoms with E-state index in [1.165, 1.54) is 18.6 Å². The lowest BCUT2D eigenvalue weighted by molar-refractivity contribution is -0.152. The fraction of sp³-hybridized carbons (Fsp3) is 0.273. The van der Waals surface area contributed by atoms with Crippen LogP contribution in [0.15, 0.2) is 83.1 Å². The molecule has 0 spiro atoms. The van der Waals surface area contributed by atoms with Gasteiger partial charge in [-0.2, -0.15) is 0 Å². The molecule has 140 valence electrons. The van der Waals surface area contributed by atoms with Gasteiger partial charge in [0.25, 0.3) is 0 Å². The zero-order valence-corrected chi connectivity index (χ0v) is 16.1. The van der Waals surface area contributed by atoms with Gasteiger partial charge in [-0.3, -0.25) is 9.59 Å². The van der Waals surface area contributed by atoms with E-state index in [-0.39, 0.29) is 5.57 Å². The second-order valence-electron chi connectivity index (χ2n) is 6.19. The number of hydrogen-bond acceptors (Lipinski definition) is 2. The summed E-state index contributed by atoms with van der Waals surface area (Å²) in [6, 6.07) is 0. The molecule has 0 aliphatic carbocycles. The first-order chi connectivity index (χ1) is 12.1. The average Bonchev–Trinajstić information content (AvgIpc) is 2.50. The van der Waals surface area contributed by atoms with Crippen LogP contribution in [0.5, 0.6) is 0 Å². The van der Waals surface area contributed by atoms with Gasteiger partial charge >= 0.3 is 11.9 Å². The molecule has 0 aromatic rings. The minimum Gasteiger partial charge on any atom is -0.480 e. The highest BCUT2D eigenvalue weighted by molar-refractivity contribution is 5.96. The van der Waals surface area contributed by atoms with E-state index < -0.39 is 17.9 Å². The molecule has 0 saturated carbocycles. The lowest BCUT2D eigenvalue weighted by Gasteiger charge is -2.06. The molecule has 0 unspecified atom stereocenters. The Hall–Kier alpha value is -2.88. The van der Waals surface area contributed by atoms with Gasteiger partial charge in [0.2, 0.25) is 0 Å². The van der Waals surface area contributed by atoms with Crippen molar-refractivity contribution >= 4 is 11.9 Å². The number of carboxylic acids is 2. The Morgan fingerprint density at radius 3 is 1.46 bits per heavy atom. The monoisotopic (exact) mass is 356 g/mol. The van der Waals surface area contributed by atoms with Crippen LogP contribution in [0.2, 0.25) is 0 Å². The summed E-state index contributed by atoms with van der Waals surface area (Å²) in [6.45, 7) is 9.51. The molecule has 2 N–H and O–H groups in total. The normalized spacial score (nSPS) is 14.0. The number of allylic oxidation sites excluding steroid dienone is 13. The van der Waals surface area contributed by atoms with E-state index in [4.69, 9.17) is 10.2 Å². The Bertz CT molecular complexity index is 692. The first-order valence-corrected chi connectivity index (χ1v) is 8.29. The molecule has 0 radical (unpaired) electrons. The highest BCUT2D eigenvalue weighted by Crippen LogP contribution is 2.11. The summed E-state index contributed by atoms with van der Waals surface area (Å²) >= 11 is 0. The first-order valence-electron chi connectivity index (χ1n) is 8.29. The first kappa shape index (κ1) is 23.1. The Labute approximate surface area is 155 Å². The van der Waals surface area contributed by atoms with E-state index in [9.17, 15) is 9.59 Å². The Balaban J connectivity index is 4.83. The Morgan fingerprint density at radius 1 is 0.654 bits per heavy atom. The number of hydrogen-bond donors (Lipinski definition) is 2. The van der Waals surface area contributed by atoms with Crippen LogP contribution in [0, 0.1) is 5.92 Å². The summed E-state index contributed by atoms with van der Waals surface area (Å²) in [7, 11) is 0. The van der Waals surface area contributed by atoms with Gasteiger partial charge in [0.05, 0.1) is 0 Å². The molecular formula is C22H28O4. The third kappa shape index (κ3) is 10.8. The molecule has 0 amide bonds. The fourth-order valence-corrected chi connectivity index (χ4v) is 1.86. The van der Waals surface area contributed by atoms with Crippen molar-refractivity contribution in [3.63, 3.8) is 0 Å². The van der Waals surface area contributed by atoms with Gasteiger partial charge < -0.3 is 10.2 Å². The topological polar surface area (TPSA) is 74.6 Å². The molecule has 0 fully saturated rings. The van der Waals surface area contributed by atoms with Crippen LogP contribution in [0.3, 0.4) is 0 Å². The van der Waals surface area contributed by atoms with Crippen molar-refractivity contribution in [2.45, 2.75) is 34.6 Å². The van der Waals surface area contributed by atoms with Crippen molar-refractivity contribution in [3.05, 3.63) is 83.1 Å². The zero-order chi connectivity index (χ0) is 20.1. The number of rotatable bonds is 9. The fourth-order valence-electron chi connectivity index (χ4n) is 1.86. The SMILES string of the molecule is CC(C)=C/C=C/C(C)=C/C=C/C=C(C)/C=C/C=C(\C)C(C(=O)O)C(=O)O. The predicted molar refractivity (Wildman–Crippen MR) is 107 cm³/mol. The largest absolute Gasteiger partial charge is 0.480 e. The van der Waals surface area contributed by atoms with E-state index in [0.29, 0.717) is 0 Å². The smallest absolute Gasteiger partial charge is 0.322 e. The molecule has 4 nitrogen and oxygen atoms in total. The van der Waals surface area contributed by atoms with Crippen molar-refractivity contribution in [2.75, 3.05) is 0 Å². The molecule has 0 atom stereocenters. The molecule has 0 aromatic heterocycles. The van der Waals surface area contributed by atoms with Crippen molar-refractivity contribution < 1.29 is 19.8 Å². The van der Waals surface area contributed by atoms with Gasteiger partial charge in [-0.15, -0.1) is 0 Å². The zero-order valence-electron chi connectivity index (χ0n) is 16.1. The summed E-state index contributed by atoms with van der Waals surface area (Å²) in [5.41, 5.74) is 3.61. The molecular weight excluding hydrogens is 328 g/mol. The minimum absolute atomic E-state index is 0.270. The predicted octanol–water partition coefficient (Wildman–Crippen LogP) is 5.25. The van der Waals surface area contributed by atoms with Crippen LogP contribution in [-0.2, 0) is 9.59 Å². The second-order valence-corrected chi connectivity index (χ2v) is 6.19. The number of aliphatic carboxylic acids is 2. The maximum absolute atomic E-state index is 10.9. The van der Waals surface area contributed by atoms with Crippen LogP contribution in [0.25, 0.3) is 0 Å². The lowest BCUT2D eigenvalue weighted by atomic mass is 10.0. The Morgan fingerprint density at radius 2 is 1.08 bits per heavy atom. The van der Waals surface area contributed by atoms with Crippen molar-refractivity contribution in [1.82, 2.24) is 0 Å². The summed E-state index contributed by atoms with van der Waals surface area (Å²) in [5.74, 6) is -4.25. The summed E-state index contributed by atoms with van der Waals surface area (Å²) in [6.07, 6.45) is 18.8. The number of carboxylic acid groups (broad SMARTS) is 2. The average molecular weight is 356 g/mol. The number of carbonyl (C=O) groups is 2. The highest BCUT2D eigenvalue weighted by Gasteiger charge is 2.26. The van der Waals surface area contributed by atoms with Gasteiger partial charge in [-0.1, -0.05) is 77.5 Å². The van der Waals surface area contributed by atoms with E-state index in [0.717, 1.165) is 11.1 Å². The highest BCUT2D eigenvalue weighted by atomic mass is 16.4. The standard InChI is InChI=1S/C22H28O4/c1-16(2)10-8-13-17(3)11-6-7-12-18(4)14-9-15-19(5)20(21(23)24)22(25)26/h6-15,20H,1-5H3,(H,23,24)(H,25,26)/b7-6+,13-8+,14-9+,17-11+,18-12+,19-15+. The summed E-state index contributed by atoms with van der Waals surface area (Å²) in [4.78, 5) is 21.9. The van der Waals surface area contributed by atoms with Crippen molar-refractivity contribution in [3.8, 4) is 0 Å². The van der Waals surface area contributed by atoms with Crippen molar-refractivity contribution in [2.24, 2.45) is 5.92 Å². The van der Waals surface area contributed by atoms with Crippen LogP contribution < -0.4 is 0 Å². The van der Waals surface area contributed by atoms with E-state index in [1.807, 2.05) is 70.2 Å². The molecule has 0 aliphatic rings. The molecule has 4 heteroatoms. The minimum atomic E-state index is -1.52. The summed E-state index contributed by atoms with van der Waals surface area (Å²) in [5, 5.41) is 17.8. The maximum Gasteiger partial charge on any atom is 0.322 e. The molecule has 0 heterocycles. The van der Waals surface area contributed by atoms with E-state index in [2.05, 4.69) is 0 Å². The second kappa shape index (κ2) is 12.5. The van der Waals surface area contributed by atoms with E-state index in [1.54, 1.807) is 12.2 Å².